The number of nitrogens with zero attached hydrogens (tertiary/aromatic N) is 2. The first-order chi connectivity index (χ1) is 8.04. The summed E-state index contributed by atoms with van der Waals surface area (Å²) < 4.78 is 15.0. The zero-order valence-corrected chi connectivity index (χ0v) is 10.3. The fourth-order valence-corrected chi connectivity index (χ4v) is 1.95. The summed E-state index contributed by atoms with van der Waals surface area (Å²) in [6, 6.07) is 5.72. The highest BCUT2D eigenvalue weighted by Crippen LogP contribution is 2.15. The van der Waals surface area contributed by atoms with Gasteiger partial charge < -0.3 is 5.73 Å². The molecule has 1 aromatic heterocycles. The van der Waals surface area contributed by atoms with Crippen LogP contribution in [0, 0.1) is 5.82 Å². The van der Waals surface area contributed by atoms with Crippen LogP contribution >= 0.6 is 15.9 Å². The second-order valence-corrected chi connectivity index (χ2v) is 4.48. The molecule has 0 unspecified atom stereocenters. The smallest absolute Gasteiger partial charge is 0.269 e. The van der Waals surface area contributed by atoms with E-state index in [0.717, 1.165) is 0 Å². The van der Waals surface area contributed by atoms with Gasteiger partial charge in [0, 0.05) is 10.5 Å². The highest BCUT2D eigenvalue weighted by molar-refractivity contribution is 9.10. The molecule has 17 heavy (non-hydrogen) atoms. The predicted octanol–water partition coefficient (Wildman–Crippen LogP) is 1.78. The maximum absolute atomic E-state index is 13.1. The molecular formula is C11H9BrFN3O. The molecule has 0 amide bonds. The number of hydrogen-bond acceptors (Lipinski definition) is 3. The topological polar surface area (TPSA) is 60.9 Å². The molecule has 0 saturated carbocycles. The van der Waals surface area contributed by atoms with E-state index >= 15 is 0 Å². The third kappa shape index (κ3) is 2.91. The van der Waals surface area contributed by atoms with Crippen molar-refractivity contribution < 1.29 is 4.39 Å². The van der Waals surface area contributed by atoms with Crippen molar-refractivity contribution >= 4 is 21.6 Å². The molecule has 6 heteroatoms. The Morgan fingerprint density at radius 1 is 1.35 bits per heavy atom. The summed E-state index contributed by atoms with van der Waals surface area (Å²) in [5.41, 5.74) is 6.07. The summed E-state index contributed by atoms with van der Waals surface area (Å²) in [6.45, 7) is 0.204. The lowest BCUT2D eigenvalue weighted by Crippen LogP contribution is -2.22. The minimum absolute atomic E-state index is 0.204. The lowest BCUT2D eigenvalue weighted by Gasteiger charge is -2.05. The lowest BCUT2D eigenvalue weighted by molar-refractivity contribution is 0.610. The molecule has 0 aliphatic rings. The van der Waals surface area contributed by atoms with E-state index in [2.05, 4.69) is 21.0 Å². The van der Waals surface area contributed by atoms with Gasteiger partial charge in [-0.1, -0.05) is 15.9 Å². The molecule has 0 atom stereocenters. The minimum Gasteiger partial charge on any atom is -0.397 e. The van der Waals surface area contributed by atoms with Crippen LogP contribution in [0.5, 0.6) is 0 Å². The zero-order valence-electron chi connectivity index (χ0n) is 8.73. The van der Waals surface area contributed by atoms with Crippen LogP contribution in [0.4, 0.5) is 10.1 Å². The van der Waals surface area contributed by atoms with Crippen LogP contribution in [0.2, 0.25) is 0 Å². The van der Waals surface area contributed by atoms with Gasteiger partial charge in [0.2, 0.25) is 0 Å². The molecule has 0 spiro atoms. The largest absolute Gasteiger partial charge is 0.397 e. The monoisotopic (exact) mass is 297 g/mol. The van der Waals surface area contributed by atoms with E-state index in [1.807, 2.05) is 0 Å². The number of aromatic nitrogens is 2. The second-order valence-electron chi connectivity index (χ2n) is 3.56. The van der Waals surface area contributed by atoms with Crippen molar-refractivity contribution in [2.45, 2.75) is 6.54 Å². The van der Waals surface area contributed by atoms with Crippen molar-refractivity contribution in [1.29, 1.82) is 0 Å². The molecule has 1 heterocycles. The molecule has 2 rings (SSSR count). The number of anilines is 1. The van der Waals surface area contributed by atoms with Gasteiger partial charge in [0.05, 0.1) is 18.4 Å². The molecule has 0 fully saturated rings. The van der Waals surface area contributed by atoms with Gasteiger partial charge in [-0.3, -0.25) is 4.79 Å². The first-order valence-corrected chi connectivity index (χ1v) is 5.61. The minimum atomic E-state index is -0.363. The van der Waals surface area contributed by atoms with Gasteiger partial charge in [-0.2, -0.15) is 5.10 Å². The molecule has 2 aromatic rings. The van der Waals surface area contributed by atoms with E-state index < -0.39 is 0 Å². The quantitative estimate of drug-likeness (QED) is 0.919. The first kappa shape index (κ1) is 11.8. The van der Waals surface area contributed by atoms with Gasteiger partial charge in [0.15, 0.2) is 0 Å². The average molecular weight is 298 g/mol. The highest BCUT2D eigenvalue weighted by atomic mass is 79.9. The van der Waals surface area contributed by atoms with Crippen molar-refractivity contribution in [3.63, 3.8) is 0 Å². The maximum Gasteiger partial charge on any atom is 0.269 e. The van der Waals surface area contributed by atoms with Crippen LogP contribution in [0.15, 0.2) is 39.7 Å². The number of hydrogen-bond donors (Lipinski definition) is 1. The average Bonchev–Trinajstić information content (AvgIpc) is 2.21. The third-order valence-corrected chi connectivity index (χ3v) is 2.60. The van der Waals surface area contributed by atoms with E-state index in [9.17, 15) is 9.18 Å². The van der Waals surface area contributed by atoms with Gasteiger partial charge in [-0.05, 0) is 23.8 Å². The van der Waals surface area contributed by atoms with E-state index in [1.165, 1.54) is 29.1 Å². The summed E-state index contributed by atoms with van der Waals surface area (Å²) in [5, 5.41) is 3.87. The van der Waals surface area contributed by atoms with Crippen LogP contribution in [0.1, 0.15) is 5.56 Å². The molecule has 4 nitrogen and oxygen atoms in total. The molecule has 1 aromatic carbocycles. The number of nitrogen functional groups attached to an aromatic ring is 1. The third-order valence-electron chi connectivity index (χ3n) is 2.15. The zero-order chi connectivity index (χ0) is 12.4. The lowest BCUT2D eigenvalue weighted by atomic mass is 10.2. The molecule has 88 valence electrons. The molecule has 0 aliphatic heterocycles. The van der Waals surface area contributed by atoms with Gasteiger partial charge in [-0.25, -0.2) is 9.07 Å². The number of rotatable bonds is 2. The first-order valence-electron chi connectivity index (χ1n) is 4.82. The van der Waals surface area contributed by atoms with Crippen molar-refractivity contribution in [3.8, 4) is 0 Å². The Balaban J connectivity index is 2.34. The molecule has 0 aliphatic carbocycles. The number of benzene rings is 1. The predicted molar refractivity (Wildman–Crippen MR) is 66.1 cm³/mol. The van der Waals surface area contributed by atoms with Gasteiger partial charge in [0.1, 0.15) is 5.82 Å². The van der Waals surface area contributed by atoms with Crippen LogP contribution in [0.25, 0.3) is 0 Å². The van der Waals surface area contributed by atoms with Gasteiger partial charge in [-0.15, -0.1) is 0 Å². The Kier molecular flexibility index (Phi) is 3.23. The van der Waals surface area contributed by atoms with E-state index in [1.54, 1.807) is 6.07 Å². The van der Waals surface area contributed by atoms with Crippen LogP contribution in [-0.2, 0) is 6.54 Å². The van der Waals surface area contributed by atoms with Crippen LogP contribution in [-0.4, -0.2) is 9.78 Å². The molecule has 2 N–H and O–H groups in total. The Labute approximate surface area is 105 Å². The Bertz CT molecular complexity index is 592. The summed E-state index contributed by atoms with van der Waals surface area (Å²) in [5.74, 6) is -0.363. The normalized spacial score (nSPS) is 10.5. The van der Waals surface area contributed by atoms with Crippen LogP contribution < -0.4 is 11.3 Å². The summed E-state index contributed by atoms with van der Waals surface area (Å²) in [7, 11) is 0. The molecule has 0 radical (unpaired) electrons. The molecular weight excluding hydrogens is 289 g/mol. The highest BCUT2D eigenvalue weighted by Gasteiger charge is 2.03. The van der Waals surface area contributed by atoms with E-state index in [-0.39, 0.29) is 17.9 Å². The van der Waals surface area contributed by atoms with Gasteiger partial charge in [0.25, 0.3) is 5.56 Å². The summed E-state index contributed by atoms with van der Waals surface area (Å²) in [6.07, 6.45) is 1.38. The van der Waals surface area contributed by atoms with E-state index in [4.69, 9.17) is 5.73 Å². The second kappa shape index (κ2) is 4.67. The number of halogens is 2. The van der Waals surface area contributed by atoms with E-state index in [0.29, 0.717) is 15.7 Å². The van der Waals surface area contributed by atoms with Crippen molar-refractivity contribution in [2.75, 3.05) is 5.73 Å². The van der Waals surface area contributed by atoms with Crippen molar-refractivity contribution in [3.05, 3.63) is 56.7 Å². The van der Waals surface area contributed by atoms with Crippen molar-refractivity contribution in [1.82, 2.24) is 9.78 Å². The standard InChI is InChI=1S/C11H9BrFN3O/c12-8-1-7(2-9(13)3-8)6-16-11(17)4-10(14)5-15-16/h1-5H,6,14H2. The fourth-order valence-electron chi connectivity index (χ4n) is 1.44. The van der Waals surface area contributed by atoms with Crippen molar-refractivity contribution in [2.24, 2.45) is 0 Å². The molecule has 0 saturated heterocycles. The van der Waals surface area contributed by atoms with Gasteiger partial charge >= 0.3 is 0 Å². The Morgan fingerprint density at radius 2 is 2.12 bits per heavy atom. The fraction of sp³-hybridized carbons (Fsp3) is 0.0909. The summed E-state index contributed by atoms with van der Waals surface area (Å²) in [4.78, 5) is 11.5. The Morgan fingerprint density at radius 3 is 2.76 bits per heavy atom. The summed E-state index contributed by atoms with van der Waals surface area (Å²) >= 11 is 3.19. The number of nitrogens with two attached hydrogens (primary N) is 1. The molecule has 0 bridgehead atoms. The maximum atomic E-state index is 13.1. The Hall–Kier alpha value is -1.69. The SMILES string of the molecule is Nc1cnn(Cc2cc(F)cc(Br)c2)c(=O)c1. The van der Waals surface area contributed by atoms with Crippen LogP contribution in [0.3, 0.4) is 0 Å².